The van der Waals surface area contributed by atoms with Gasteiger partial charge in [0.05, 0.1) is 18.6 Å². The Hall–Kier alpha value is -2.90. The van der Waals surface area contributed by atoms with Gasteiger partial charge in [-0.2, -0.15) is 5.26 Å². The van der Waals surface area contributed by atoms with Crippen LogP contribution in [0.1, 0.15) is 5.56 Å². The fourth-order valence-electron chi connectivity index (χ4n) is 1.88. The highest BCUT2D eigenvalue weighted by Gasteiger charge is 2.34. The van der Waals surface area contributed by atoms with E-state index in [0.29, 0.717) is 17.1 Å². The first-order chi connectivity index (χ1) is 11.1. The first-order valence-electron chi connectivity index (χ1n) is 6.47. The van der Waals surface area contributed by atoms with Gasteiger partial charge in [0.2, 0.25) is 0 Å². The normalized spacial score (nSPS) is 15.4. The minimum atomic E-state index is -0.415. The Morgan fingerprint density at radius 1 is 1.39 bits per heavy atom. The van der Waals surface area contributed by atoms with Crippen LogP contribution in [0.3, 0.4) is 0 Å². The molecule has 1 aliphatic rings. The first-order valence-corrected chi connectivity index (χ1v) is 7.29. The number of nitriles is 1. The molecule has 0 N–H and O–H groups in total. The molecule has 2 amide bonds. The van der Waals surface area contributed by atoms with Crippen molar-refractivity contribution in [1.29, 1.82) is 5.26 Å². The van der Waals surface area contributed by atoms with E-state index in [1.54, 1.807) is 24.3 Å². The topological polar surface area (TPSA) is 79.6 Å². The van der Waals surface area contributed by atoms with Gasteiger partial charge >= 0.3 is 0 Å². The molecule has 1 aromatic rings. The van der Waals surface area contributed by atoms with E-state index in [9.17, 15) is 9.59 Å². The predicted octanol–water partition coefficient (Wildman–Crippen LogP) is 2.27. The third-order valence-electron chi connectivity index (χ3n) is 2.90. The zero-order chi connectivity index (χ0) is 16.8. The van der Waals surface area contributed by atoms with Gasteiger partial charge < -0.3 is 9.47 Å². The van der Waals surface area contributed by atoms with E-state index >= 15 is 0 Å². The Morgan fingerprint density at radius 3 is 2.83 bits per heavy atom. The minimum absolute atomic E-state index is 0.0493. The number of methoxy groups -OCH3 is 1. The van der Waals surface area contributed by atoms with Crippen molar-refractivity contribution in [2.75, 3.05) is 20.3 Å². The maximum absolute atomic E-state index is 12.1. The summed E-state index contributed by atoms with van der Waals surface area (Å²) in [4.78, 5) is 25.1. The van der Waals surface area contributed by atoms with Crippen molar-refractivity contribution in [3.63, 3.8) is 0 Å². The number of hydrogen-bond acceptors (Lipinski definition) is 6. The van der Waals surface area contributed by atoms with E-state index in [2.05, 4.69) is 5.92 Å². The van der Waals surface area contributed by atoms with Crippen LogP contribution in [0.5, 0.6) is 11.5 Å². The van der Waals surface area contributed by atoms with Crippen LogP contribution in [-0.4, -0.2) is 36.3 Å². The van der Waals surface area contributed by atoms with E-state index in [-0.39, 0.29) is 23.3 Å². The van der Waals surface area contributed by atoms with Gasteiger partial charge in [0.1, 0.15) is 6.07 Å². The molecule has 116 valence electrons. The van der Waals surface area contributed by atoms with Crippen molar-refractivity contribution in [1.82, 2.24) is 4.90 Å². The summed E-state index contributed by atoms with van der Waals surface area (Å²) in [6.45, 7) is -0.146. The largest absolute Gasteiger partial charge is 0.493 e. The van der Waals surface area contributed by atoms with E-state index in [4.69, 9.17) is 21.2 Å². The summed E-state index contributed by atoms with van der Waals surface area (Å²) in [5.41, 5.74) is 0.664. The number of hydrogen-bond donors (Lipinski definition) is 0. The van der Waals surface area contributed by atoms with Gasteiger partial charge in [-0.3, -0.25) is 14.5 Å². The van der Waals surface area contributed by atoms with E-state index in [1.807, 2.05) is 6.07 Å². The number of amides is 2. The van der Waals surface area contributed by atoms with E-state index in [0.717, 1.165) is 16.7 Å². The quantitative estimate of drug-likeness (QED) is 0.609. The first kappa shape index (κ1) is 16.5. The maximum atomic E-state index is 12.1. The number of carbonyl (C=O) groups is 2. The van der Waals surface area contributed by atoms with Crippen molar-refractivity contribution in [2.45, 2.75) is 0 Å². The molecule has 1 saturated heterocycles. The van der Waals surface area contributed by atoms with Gasteiger partial charge in [-0.05, 0) is 35.5 Å². The summed E-state index contributed by atoms with van der Waals surface area (Å²) in [6, 6.07) is 6.86. The third-order valence-corrected chi connectivity index (χ3v) is 3.81. The van der Waals surface area contributed by atoms with Gasteiger partial charge in [0, 0.05) is 0 Å². The summed E-state index contributed by atoms with van der Waals surface area (Å²) in [5, 5.41) is 8.15. The number of nitrogens with zero attached hydrogens (tertiary/aromatic N) is 2. The van der Waals surface area contributed by atoms with Crippen LogP contribution in [0, 0.1) is 23.7 Å². The Morgan fingerprint density at radius 2 is 2.17 bits per heavy atom. The fourth-order valence-corrected chi connectivity index (χ4v) is 2.72. The molecule has 1 heterocycles. The second kappa shape index (κ2) is 7.39. The maximum Gasteiger partial charge on any atom is 0.294 e. The van der Waals surface area contributed by atoms with Crippen molar-refractivity contribution >= 4 is 29.0 Å². The standard InChI is InChI=1S/C16H12N2O4S/c1-3-7-18-15(19)14(23-16(18)20)10-11-4-5-12(22-8-6-17)13(9-11)21-2/h1,4-5,9-10H,7-8H2,2H3/b14-10-. The average molecular weight is 328 g/mol. The van der Waals surface area contributed by atoms with Gasteiger partial charge in [0.25, 0.3) is 11.1 Å². The Labute approximate surface area is 137 Å². The molecule has 1 aliphatic heterocycles. The lowest BCUT2D eigenvalue weighted by Gasteiger charge is -2.09. The van der Waals surface area contributed by atoms with Crippen molar-refractivity contribution < 1.29 is 19.1 Å². The molecule has 0 bridgehead atoms. The van der Waals surface area contributed by atoms with Crippen LogP contribution in [-0.2, 0) is 4.79 Å². The highest BCUT2D eigenvalue weighted by atomic mass is 32.2. The molecule has 1 fully saturated rings. The summed E-state index contributed by atoms with van der Waals surface area (Å²) in [7, 11) is 1.47. The SMILES string of the molecule is C#CCN1C(=O)S/C(=C\c2ccc(OCC#N)c(OC)c2)C1=O. The zero-order valence-electron chi connectivity index (χ0n) is 12.2. The summed E-state index contributed by atoms with van der Waals surface area (Å²) in [6.07, 6.45) is 6.73. The van der Waals surface area contributed by atoms with E-state index in [1.165, 1.54) is 7.11 Å². The molecule has 7 heteroatoms. The lowest BCUT2D eigenvalue weighted by Crippen LogP contribution is -2.28. The number of terminal acetylenes is 1. The molecule has 0 saturated carbocycles. The van der Waals surface area contributed by atoms with Crippen molar-refractivity contribution in [2.24, 2.45) is 0 Å². The second-order valence-corrected chi connectivity index (χ2v) is 5.32. The monoisotopic (exact) mass is 328 g/mol. The molecule has 2 rings (SSSR count). The van der Waals surface area contributed by atoms with Gasteiger partial charge in [-0.15, -0.1) is 6.42 Å². The Balaban J connectivity index is 2.26. The Bertz CT molecular complexity index is 758. The fraction of sp³-hybridized carbons (Fsp3) is 0.188. The number of thioether (sulfide) groups is 1. The van der Waals surface area contributed by atoms with Crippen LogP contribution in [0.2, 0.25) is 0 Å². The van der Waals surface area contributed by atoms with Gasteiger partial charge in [-0.25, -0.2) is 0 Å². The molecule has 0 atom stereocenters. The number of benzene rings is 1. The smallest absolute Gasteiger partial charge is 0.294 e. The second-order valence-electron chi connectivity index (χ2n) is 4.33. The molecular formula is C16H12N2O4S. The average Bonchev–Trinajstić information content (AvgIpc) is 2.81. The van der Waals surface area contributed by atoms with Crippen LogP contribution < -0.4 is 9.47 Å². The van der Waals surface area contributed by atoms with Gasteiger partial charge in [0.15, 0.2) is 18.1 Å². The lowest BCUT2D eigenvalue weighted by atomic mass is 10.2. The lowest BCUT2D eigenvalue weighted by molar-refractivity contribution is -0.122. The van der Waals surface area contributed by atoms with Gasteiger partial charge in [-0.1, -0.05) is 12.0 Å². The molecule has 0 radical (unpaired) electrons. The molecule has 0 unspecified atom stereocenters. The van der Waals surface area contributed by atoms with Crippen LogP contribution in [0.25, 0.3) is 6.08 Å². The molecule has 0 spiro atoms. The molecule has 1 aromatic carbocycles. The molecule has 23 heavy (non-hydrogen) atoms. The van der Waals surface area contributed by atoms with E-state index < -0.39 is 5.91 Å². The molecule has 0 aliphatic carbocycles. The number of carbonyl (C=O) groups excluding carboxylic acids is 2. The predicted molar refractivity (Wildman–Crippen MR) is 85.6 cm³/mol. The number of ether oxygens (including phenoxy) is 2. The van der Waals surface area contributed by atoms with Crippen molar-refractivity contribution in [3.05, 3.63) is 28.7 Å². The summed E-state index contributed by atoms with van der Waals surface area (Å²) in [5.74, 6) is 2.72. The third kappa shape index (κ3) is 3.65. The minimum Gasteiger partial charge on any atom is -0.493 e. The van der Waals surface area contributed by atoms with Crippen LogP contribution in [0.4, 0.5) is 4.79 Å². The summed E-state index contributed by atoms with van der Waals surface area (Å²) >= 11 is 0.836. The van der Waals surface area contributed by atoms with Crippen LogP contribution in [0.15, 0.2) is 23.1 Å². The number of rotatable bonds is 5. The highest BCUT2D eigenvalue weighted by molar-refractivity contribution is 8.18. The molecule has 6 nitrogen and oxygen atoms in total. The van der Waals surface area contributed by atoms with Crippen molar-refractivity contribution in [3.8, 4) is 29.9 Å². The summed E-state index contributed by atoms with van der Waals surface area (Å²) < 4.78 is 10.4. The zero-order valence-corrected chi connectivity index (χ0v) is 13.1. The number of imide groups is 1. The molecule has 0 aromatic heterocycles. The highest BCUT2D eigenvalue weighted by Crippen LogP contribution is 2.34. The molecular weight excluding hydrogens is 316 g/mol. The Kier molecular flexibility index (Phi) is 5.29. The van der Waals surface area contributed by atoms with Crippen LogP contribution >= 0.6 is 11.8 Å².